The summed E-state index contributed by atoms with van der Waals surface area (Å²) in [5.41, 5.74) is 5.88. The second-order valence-corrected chi connectivity index (χ2v) is 4.30. The minimum Gasteiger partial charge on any atom is -0.365 e. The van der Waals surface area contributed by atoms with E-state index in [2.05, 4.69) is 0 Å². The number of nitrogens with zero attached hydrogens (tertiary/aromatic N) is 1. The molecule has 0 bridgehead atoms. The number of ketones is 1. The molecule has 0 saturated heterocycles. The number of primary amides is 1. The fourth-order valence-electron chi connectivity index (χ4n) is 2.39. The SMILES string of the molecule is NC(=O)c1cn2c3c(cccc3c1=O)C(=O)CC2. The lowest BCUT2D eigenvalue weighted by Crippen LogP contribution is -2.27. The van der Waals surface area contributed by atoms with Crippen LogP contribution in [0.3, 0.4) is 0 Å². The Morgan fingerprint density at radius 1 is 1.28 bits per heavy atom. The maximum absolute atomic E-state index is 12.1. The third-order valence-corrected chi connectivity index (χ3v) is 3.24. The number of carbonyl (C=O) groups excluding carboxylic acids is 2. The number of rotatable bonds is 1. The van der Waals surface area contributed by atoms with Crippen LogP contribution in [0.2, 0.25) is 0 Å². The topological polar surface area (TPSA) is 82.2 Å². The molecule has 0 radical (unpaired) electrons. The summed E-state index contributed by atoms with van der Waals surface area (Å²) in [4.78, 5) is 35.1. The summed E-state index contributed by atoms with van der Waals surface area (Å²) in [6, 6.07) is 4.96. The summed E-state index contributed by atoms with van der Waals surface area (Å²) in [7, 11) is 0. The van der Waals surface area contributed by atoms with Crippen molar-refractivity contribution in [2.75, 3.05) is 0 Å². The number of aryl methyl sites for hydroxylation is 1. The van der Waals surface area contributed by atoms with Crippen molar-refractivity contribution >= 4 is 22.6 Å². The minimum atomic E-state index is -0.743. The zero-order valence-electron chi connectivity index (χ0n) is 9.47. The number of Topliss-reactive ketones (excluding diaryl/α,β-unsaturated/α-hetero) is 1. The smallest absolute Gasteiger partial charge is 0.254 e. The highest BCUT2D eigenvalue weighted by Crippen LogP contribution is 2.23. The van der Waals surface area contributed by atoms with Gasteiger partial charge in [0.05, 0.1) is 5.52 Å². The molecule has 2 N–H and O–H groups in total. The van der Waals surface area contributed by atoms with Gasteiger partial charge < -0.3 is 10.3 Å². The molecule has 2 aromatic rings. The van der Waals surface area contributed by atoms with E-state index in [9.17, 15) is 14.4 Å². The molecule has 0 unspecified atom stereocenters. The largest absolute Gasteiger partial charge is 0.365 e. The van der Waals surface area contributed by atoms with E-state index in [0.29, 0.717) is 29.4 Å². The number of benzene rings is 1. The van der Waals surface area contributed by atoms with Gasteiger partial charge in [-0.1, -0.05) is 6.07 Å². The highest BCUT2D eigenvalue weighted by molar-refractivity contribution is 6.09. The van der Waals surface area contributed by atoms with E-state index in [4.69, 9.17) is 5.73 Å². The number of para-hydroxylation sites is 1. The summed E-state index contributed by atoms with van der Waals surface area (Å²) in [5, 5.41) is 0.372. The second-order valence-electron chi connectivity index (χ2n) is 4.30. The molecule has 1 aliphatic rings. The van der Waals surface area contributed by atoms with E-state index >= 15 is 0 Å². The molecule has 5 nitrogen and oxygen atoms in total. The van der Waals surface area contributed by atoms with Crippen molar-refractivity contribution in [3.8, 4) is 0 Å². The zero-order chi connectivity index (χ0) is 12.9. The lowest BCUT2D eigenvalue weighted by atomic mass is 9.99. The monoisotopic (exact) mass is 242 g/mol. The first-order valence-electron chi connectivity index (χ1n) is 5.59. The first-order valence-corrected chi connectivity index (χ1v) is 5.59. The summed E-state index contributed by atoms with van der Waals surface area (Å²) >= 11 is 0. The average molecular weight is 242 g/mol. The Kier molecular flexibility index (Phi) is 2.10. The molecule has 0 atom stereocenters. The van der Waals surface area contributed by atoms with Crippen LogP contribution in [-0.4, -0.2) is 16.3 Å². The van der Waals surface area contributed by atoms with Gasteiger partial charge in [-0.3, -0.25) is 14.4 Å². The molecule has 1 aromatic heterocycles. The predicted molar refractivity (Wildman–Crippen MR) is 65.7 cm³/mol. The van der Waals surface area contributed by atoms with Crippen LogP contribution in [0.15, 0.2) is 29.2 Å². The molecular formula is C13H10N2O3. The summed E-state index contributed by atoms with van der Waals surface area (Å²) < 4.78 is 1.76. The fourth-order valence-corrected chi connectivity index (χ4v) is 2.39. The van der Waals surface area contributed by atoms with Crippen LogP contribution in [0.4, 0.5) is 0 Å². The standard InChI is InChI=1S/C13H10N2O3/c14-13(18)9-6-15-5-4-10(16)7-2-1-3-8(11(7)15)12(9)17/h1-3,6H,4-5H2,(H2,14,18). The maximum atomic E-state index is 12.1. The van der Waals surface area contributed by atoms with E-state index in [1.165, 1.54) is 6.20 Å². The molecule has 5 heteroatoms. The molecular weight excluding hydrogens is 232 g/mol. The van der Waals surface area contributed by atoms with Crippen molar-refractivity contribution in [2.24, 2.45) is 5.73 Å². The van der Waals surface area contributed by atoms with Crippen LogP contribution < -0.4 is 11.2 Å². The van der Waals surface area contributed by atoms with Crippen LogP contribution in [0, 0.1) is 0 Å². The Morgan fingerprint density at radius 3 is 2.78 bits per heavy atom. The van der Waals surface area contributed by atoms with E-state index in [1.54, 1.807) is 22.8 Å². The molecule has 90 valence electrons. The van der Waals surface area contributed by atoms with Crippen molar-refractivity contribution in [3.63, 3.8) is 0 Å². The minimum absolute atomic E-state index is 0.0202. The molecule has 1 aromatic carbocycles. The molecule has 0 spiro atoms. The van der Waals surface area contributed by atoms with Crippen LogP contribution in [0.25, 0.3) is 10.9 Å². The normalized spacial score (nSPS) is 13.9. The number of amides is 1. The van der Waals surface area contributed by atoms with Crippen molar-refractivity contribution < 1.29 is 9.59 Å². The quantitative estimate of drug-likeness (QED) is 0.798. The van der Waals surface area contributed by atoms with E-state index in [-0.39, 0.29) is 11.3 Å². The lowest BCUT2D eigenvalue weighted by molar-refractivity contribution is 0.0972. The molecule has 0 aliphatic carbocycles. The zero-order valence-corrected chi connectivity index (χ0v) is 9.47. The van der Waals surface area contributed by atoms with Gasteiger partial charge >= 0.3 is 0 Å². The van der Waals surface area contributed by atoms with Crippen molar-refractivity contribution in [1.82, 2.24) is 4.57 Å². The molecule has 1 amide bonds. The summed E-state index contributed by atoms with van der Waals surface area (Å²) in [5.74, 6) is -0.722. The van der Waals surface area contributed by atoms with Gasteiger partial charge in [0.1, 0.15) is 5.56 Å². The van der Waals surface area contributed by atoms with Gasteiger partial charge in [-0.05, 0) is 12.1 Å². The Morgan fingerprint density at radius 2 is 2.06 bits per heavy atom. The fraction of sp³-hybridized carbons (Fsp3) is 0.154. The lowest BCUT2D eigenvalue weighted by Gasteiger charge is -2.19. The number of nitrogens with two attached hydrogens (primary N) is 1. The third kappa shape index (κ3) is 1.30. The first-order chi connectivity index (χ1) is 8.59. The van der Waals surface area contributed by atoms with Gasteiger partial charge in [0.15, 0.2) is 5.78 Å². The van der Waals surface area contributed by atoms with Gasteiger partial charge in [-0.2, -0.15) is 0 Å². The maximum Gasteiger partial charge on any atom is 0.254 e. The van der Waals surface area contributed by atoms with Gasteiger partial charge in [-0.25, -0.2) is 0 Å². The molecule has 1 aliphatic heterocycles. The van der Waals surface area contributed by atoms with Crippen molar-refractivity contribution in [1.29, 1.82) is 0 Å². The highest BCUT2D eigenvalue weighted by atomic mass is 16.2. The van der Waals surface area contributed by atoms with Crippen LogP contribution in [0.5, 0.6) is 0 Å². The van der Waals surface area contributed by atoms with Gasteiger partial charge in [-0.15, -0.1) is 0 Å². The number of aromatic nitrogens is 1. The van der Waals surface area contributed by atoms with Crippen LogP contribution in [-0.2, 0) is 6.54 Å². The summed E-state index contributed by atoms with van der Waals surface area (Å²) in [6.45, 7) is 0.465. The highest BCUT2D eigenvalue weighted by Gasteiger charge is 2.21. The predicted octanol–water partition coefficient (Wildman–Crippen LogP) is 0.687. The molecule has 18 heavy (non-hydrogen) atoms. The summed E-state index contributed by atoms with van der Waals surface area (Å²) in [6.07, 6.45) is 1.82. The number of hydrogen-bond acceptors (Lipinski definition) is 3. The third-order valence-electron chi connectivity index (χ3n) is 3.24. The van der Waals surface area contributed by atoms with Crippen LogP contribution >= 0.6 is 0 Å². The Balaban J connectivity index is 2.53. The number of carbonyl (C=O) groups is 2. The van der Waals surface area contributed by atoms with E-state index < -0.39 is 11.3 Å². The van der Waals surface area contributed by atoms with Gasteiger partial charge in [0, 0.05) is 30.1 Å². The number of hydrogen-bond donors (Lipinski definition) is 1. The second kappa shape index (κ2) is 3.53. The van der Waals surface area contributed by atoms with Gasteiger partial charge in [0.25, 0.3) is 5.91 Å². The van der Waals surface area contributed by atoms with E-state index in [0.717, 1.165) is 0 Å². The molecule has 0 fully saturated rings. The Labute approximate surface area is 102 Å². The molecule has 2 heterocycles. The molecule has 3 rings (SSSR count). The molecule has 0 saturated carbocycles. The van der Waals surface area contributed by atoms with Crippen LogP contribution in [0.1, 0.15) is 27.1 Å². The Hall–Kier alpha value is -2.43. The average Bonchev–Trinajstić information content (AvgIpc) is 2.36. The Bertz CT molecular complexity index is 759. The van der Waals surface area contributed by atoms with Crippen molar-refractivity contribution in [2.45, 2.75) is 13.0 Å². The van der Waals surface area contributed by atoms with Gasteiger partial charge in [0.2, 0.25) is 5.43 Å². The number of pyridine rings is 1. The van der Waals surface area contributed by atoms with E-state index in [1.807, 2.05) is 0 Å². The first kappa shape index (κ1) is 10.7. The van der Waals surface area contributed by atoms with Crippen molar-refractivity contribution in [3.05, 3.63) is 45.7 Å².